The van der Waals surface area contributed by atoms with Gasteiger partial charge in [0.2, 0.25) is 5.91 Å². The Morgan fingerprint density at radius 3 is 2.23 bits per heavy atom. The molecule has 35 heavy (non-hydrogen) atoms. The first-order valence-electron chi connectivity index (χ1n) is 12.2. The third kappa shape index (κ3) is 5.32. The number of amides is 2. The number of alkyl carbamates (subject to hydrolysis) is 1. The van der Waals surface area contributed by atoms with E-state index in [1.54, 1.807) is 6.92 Å². The van der Waals surface area contributed by atoms with Gasteiger partial charge in [-0.2, -0.15) is 0 Å². The molecule has 8 nitrogen and oxygen atoms in total. The van der Waals surface area contributed by atoms with Crippen LogP contribution in [0.4, 0.5) is 4.79 Å². The van der Waals surface area contributed by atoms with Gasteiger partial charge in [0.05, 0.1) is 6.10 Å². The molecule has 1 fully saturated rings. The Morgan fingerprint density at radius 2 is 1.66 bits per heavy atom. The van der Waals surface area contributed by atoms with E-state index in [-0.39, 0.29) is 37.9 Å². The number of likely N-dealkylation sites (tertiary alicyclic amines) is 1. The van der Waals surface area contributed by atoms with Crippen molar-refractivity contribution in [2.45, 2.75) is 44.8 Å². The van der Waals surface area contributed by atoms with E-state index in [0.717, 1.165) is 22.3 Å². The summed E-state index contributed by atoms with van der Waals surface area (Å²) in [5.41, 5.74) is 4.58. The van der Waals surface area contributed by atoms with Gasteiger partial charge in [-0.05, 0) is 35.6 Å². The molecule has 1 saturated heterocycles. The van der Waals surface area contributed by atoms with Crippen LogP contribution in [0, 0.1) is 5.92 Å². The number of carbonyl (C=O) groups excluding carboxylic acids is 2. The monoisotopic (exact) mass is 480 g/mol. The second-order valence-corrected chi connectivity index (χ2v) is 9.02. The van der Waals surface area contributed by atoms with Gasteiger partial charge in [0.15, 0.2) is 0 Å². The Kier molecular flexibility index (Phi) is 7.70. The van der Waals surface area contributed by atoms with E-state index >= 15 is 0 Å². The Hall–Kier alpha value is -3.39. The molecule has 0 spiro atoms. The van der Waals surface area contributed by atoms with Gasteiger partial charge < -0.3 is 24.8 Å². The number of benzene rings is 2. The van der Waals surface area contributed by atoms with Crippen molar-refractivity contribution in [2.75, 3.05) is 26.3 Å². The predicted octanol–water partition coefficient (Wildman–Crippen LogP) is 3.64. The van der Waals surface area contributed by atoms with Crippen molar-refractivity contribution in [2.24, 2.45) is 5.92 Å². The standard InChI is InChI=1S/C27H32N2O6/c1-3-17(13-25(30)29-14-22(26(31)32)24(15-29)34-4-2)28-27(33)35-16-23-20-11-7-5-9-18(20)19-10-6-8-12-21(19)23/h5-12,17,22-24H,3-4,13-16H2,1-2H3,(H,28,33)(H,31,32)/t17-,22?,24?/m1/s1. The van der Waals surface area contributed by atoms with Crippen LogP contribution in [0.25, 0.3) is 11.1 Å². The topological polar surface area (TPSA) is 105 Å². The summed E-state index contributed by atoms with van der Waals surface area (Å²) in [4.78, 5) is 38.5. The molecule has 0 saturated carbocycles. The molecule has 8 heteroatoms. The fraction of sp³-hybridized carbons (Fsp3) is 0.444. The van der Waals surface area contributed by atoms with E-state index in [1.165, 1.54) is 4.90 Å². The van der Waals surface area contributed by atoms with Crippen molar-refractivity contribution in [1.29, 1.82) is 0 Å². The van der Waals surface area contributed by atoms with Crippen LogP contribution in [0.2, 0.25) is 0 Å². The number of nitrogens with one attached hydrogen (secondary N) is 1. The number of rotatable bonds is 9. The molecule has 2 aliphatic rings. The van der Waals surface area contributed by atoms with Crippen molar-refractivity contribution >= 4 is 18.0 Å². The molecule has 0 bridgehead atoms. The summed E-state index contributed by atoms with van der Waals surface area (Å²) >= 11 is 0. The number of carbonyl (C=O) groups is 3. The molecule has 0 radical (unpaired) electrons. The third-order valence-corrected chi connectivity index (χ3v) is 6.90. The largest absolute Gasteiger partial charge is 0.481 e. The highest BCUT2D eigenvalue weighted by Crippen LogP contribution is 2.44. The second-order valence-electron chi connectivity index (χ2n) is 9.02. The minimum Gasteiger partial charge on any atom is -0.481 e. The second kappa shape index (κ2) is 10.9. The number of hydrogen-bond acceptors (Lipinski definition) is 5. The van der Waals surface area contributed by atoms with Crippen molar-refractivity contribution in [3.05, 3.63) is 59.7 Å². The fourth-order valence-corrected chi connectivity index (χ4v) is 5.04. The molecule has 3 atom stereocenters. The van der Waals surface area contributed by atoms with Gasteiger partial charge in [-0.25, -0.2) is 4.79 Å². The Bertz CT molecular complexity index is 1040. The van der Waals surface area contributed by atoms with Crippen LogP contribution < -0.4 is 5.32 Å². The number of carboxylic acid groups (broad SMARTS) is 1. The van der Waals surface area contributed by atoms with Crippen LogP contribution in [-0.4, -0.2) is 66.4 Å². The molecule has 2 aromatic rings. The Labute approximate surface area is 205 Å². The van der Waals surface area contributed by atoms with Gasteiger partial charge in [0, 0.05) is 38.1 Å². The highest BCUT2D eigenvalue weighted by Gasteiger charge is 2.40. The van der Waals surface area contributed by atoms with Crippen LogP contribution >= 0.6 is 0 Å². The quantitative estimate of drug-likeness (QED) is 0.568. The molecule has 1 aliphatic carbocycles. The lowest BCUT2D eigenvalue weighted by atomic mass is 9.98. The summed E-state index contributed by atoms with van der Waals surface area (Å²) in [7, 11) is 0. The third-order valence-electron chi connectivity index (χ3n) is 6.90. The van der Waals surface area contributed by atoms with E-state index in [9.17, 15) is 19.5 Å². The van der Waals surface area contributed by atoms with Gasteiger partial charge >= 0.3 is 12.1 Å². The molecule has 1 heterocycles. The predicted molar refractivity (Wildman–Crippen MR) is 130 cm³/mol. The zero-order chi connectivity index (χ0) is 24.9. The van der Waals surface area contributed by atoms with Crippen LogP contribution in [-0.2, 0) is 19.1 Å². The van der Waals surface area contributed by atoms with E-state index < -0.39 is 30.1 Å². The van der Waals surface area contributed by atoms with Gasteiger partial charge in [0.1, 0.15) is 12.5 Å². The summed E-state index contributed by atoms with van der Waals surface area (Å²) in [6, 6.07) is 15.9. The molecule has 2 unspecified atom stereocenters. The summed E-state index contributed by atoms with van der Waals surface area (Å²) in [5, 5.41) is 12.2. The van der Waals surface area contributed by atoms with E-state index in [0.29, 0.717) is 13.0 Å². The van der Waals surface area contributed by atoms with Crippen LogP contribution in [0.1, 0.15) is 43.7 Å². The van der Waals surface area contributed by atoms with E-state index in [2.05, 4.69) is 29.6 Å². The summed E-state index contributed by atoms with van der Waals surface area (Å²) in [5.74, 6) is -1.95. The maximum absolute atomic E-state index is 12.8. The minimum absolute atomic E-state index is 0.0390. The SMILES string of the molecule is CCOC1CN(C(=O)C[C@@H](CC)NC(=O)OCC2c3ccccc3-c3ccccc32)CC1C(=O)O. The lowest BCUT2D eigenvalue weighted by Gasteiger charge is -2.22. The minimum atomic E-state index is -0.970. The number of fused-ring (bicyclic) bond motifs is 3. The normalized spacial score (nSPS) is 19.7. The first-order valence-corrected chi connectivity index (χ1v) is 12.2. The lowest BCUT2D eigenvalue weighted by Crippen LogP contribution is -2.40. The van der Waals surface area contributed by atoms with Crippen molar-refractivity contribution in [3.8, 4) is 11.1 Å². The zero-order valence-corrected chi connectivity index (χ0v) is 20.1. The first kappa shape index (κ1) is 24.7. The van der Waals surface area contributed by atoms with E-state index in [4.69, 9.17) is 9.47 Å². The van der Waals surface area contributed by atoms with Crippen molar-refractivity contribution in [3.63, 3.8) is 0 Å². The maximum Gasteiger partial charge on any atom is 0.407 e. The fourth-order valence-electron chi connectivity index (χ4n) is 5.04. The first-order chi connectivity index (χ1) is 16.9. The van der Waals surface area contributed by atoms with Crippen molar-refractivity contribution < 1.29 is 29.0 Å². The van der Waals surface area contributed by atoms with Crippen molar-refractivity contribution in [1.82, 2.24) is 10.2 Å². The molecular formula is C27H32N2O6. The number of nitrogens with zero attached hydrogens (tertiary/aromatic N) is 1. The summed E-state index contributed by atoms with van der Waals surface area (Å²) in [6.45, 7) is 4.62. The molecule has 4 rings (SSSR count). The Morgan fingerprint density at radius 1 is 1.03 bits per heavy atom. The van der Waals surface area contributed by atoms with Crippen LogP contribution in [0.3, 0.4) is 0 Å². The van der Waals surface area contributed by atoms with Gasteiger partial charge in [-0.3, -0.25) is 9.59 Å². The Balaban J connectivity index is 1.32. The van der Waals surface area contributed by atoms with Crippen LogP contribution in [0.15, 0.2) is 48.5 Å². The summed E-state index contributed by atoms with van der Waals surface area (Å²) in [6.07, 6.45) is -0.465. The zero-order valence-electron chi connectivity index (χ0n) is 20.1. The molecule has 0 aromatic heterocycles. The maximum atomic E-state index is 12.8. The number of hydrogen-bond donors (Lipinski definition) is 2. The van der Waals surface area contributed by atoms with Gasteiger partial charge in [-0.1, -0.05) is 55.5 Å². The molecular weight excluding hydrogens is 448 g/mol. The highest BCUT2D eigenvalue weighted by atomic mass is 16.5. The smallest absolute Gasteiger partial charge is 0.407 e. The highest BCUT2D eigenvalue weighted by molar-refractivity contribution is 5.81. The molecule has 2 aromatic carbocycles. The lowest BCUT2D eigenvalue weighted by molar-refractivity contribution is -0.145. The summed E-state index contributed by atoms with van der Waals surface area (Å²) < 4.78 is 11.1. The number of ether oxygens (including phenoxy) is 2. The molecule has 2 amide bonds. The van der Waals surface area contributed by atoms with Crippen LogP contribution in [0.5, 0.6) is 0 Å². The number of aliphatic carboxylic acids is 1. The molecule has 2 N–H and O–H groups in total. The average Bonchev–Trinajstić information content (AvgIpc) is 3.42. The number of carboxylic acids is 1. The molecule has 186 valence electrons. The van der Waals surface area contributed by atoms with E-state index in [1.807, 2.05) is 31.2 Å². The molecule has 1 aliphatic heterocycles. The van der Waals surface area contributed by atoms with Gasteiger partial charge in [-0.15, -0.1) is 0 Å². The van der Waals surface area contributed by atoms with Gasteiger partial charge in [0.25, 0.3) is 0 Å². The average molecular weight is 481 g/mol.